The molecule has 25 heavy (non-hydrogen) atoms. The van der Waals surface area contributed by atoms with Gasteiger partial charge >= 0.3 is 6.18 Å². The Hall–Kier alpha value is -2.38. The molecular weight excluding hydrogens is 338 g/mol. The van der Waals surface area contributed by atoms with Crippen LogP contribution in [0, 0.1) is 11.7 Å². The number of hydrogen-bond acceptors (Lipinski definition) is 2. The van der Waals surface area contributed by atoms with Crippen LogP contribution in [-0.4, -0.2) is 33.7 Å². The topological polar surface area (TPSA) is 38.1 Å². The van der Waals surface area contributed by atoms with Crippen molar-refractivity contribution in [2.75, 3.05) is 13.1 Å². The average molecular weight is 355 g/mol. The molecule has 1 aliphatic heterocycles. The number of hydrogen-bond donors (Lipinski definition) is 0. The van der Waals surface area contributed by atoms with E-state index in [1.54, 1.807) is 0 Å². The van der Waals surface area contributed by atoms with Crippen molar-refractivity contribution < 1.29 is 22.4 Å². The molecule has 0 radical (unpaired) electrons. The molecule has 0 unspecified atom stereocenters. The second-order valence-corrected chi connectivity index (χ2v) is 6.24. The fraction of sp³-hybridized carbons (Fsp3) is 0.412. The van der Waals surface area contributed by atoms with Gasteiger partial charge in [0.2, 0.25) is 0 Å². The fourth-order valence-electron chi connectivity index (χ4n) is 2.97. The number of halogens is 4. The summed E-state index contributed by atoms with van der Waals surface area (Å²) in [4.78, 5) is 14.0. The third-order valence-electron chi connectivity index (χ3n) is 4.42. The molecule has 1 fully saturated rings. The number of benzene rings is 1. The first-order valence-electron chi connectivity index (χ1n) is 7.98. The summed E-state index contributed by atoms with van der Waals surface area (Å²) in [5.41, 5.74) is -2.15. The highest BCUT2D eigenvalue weighted by molar-refractivity contribution is 5.95. The molecule has 0 spiro atoms. The van der Waals surface area contributed by atoms with E-state index in [9.17, 15) is 22.4 Å². The van der Waals surface area contributed by atoms with Crippen LogP contribution in [-0.2, 0) is 6.18 Å². The molecule has 1 saturated heterocycles. The van der Waals surface area contributed by atoms with E-state index in [-0.39, 0.29) is 5.69 Å². The van der Waals surface area contributed by atoms with Gasteiger partial charge < -0.3 is 4.90 Å². The first kappa shape index (κ1) is 17.4. The largest absolute Gasteiger partial charge is 0.434 e. The van der Waals surface area contributed by atoms with E-state index >= 15 is 0 Å². The number of para-hydroxylation sites is 1. The van der Waals surface area contributed by atoms with Crippen molar-refractivity contribution >= 4 is 5.91 Å². The van der Waals surface area contributed by atoms with Gasteiger partial charge in [0.25, 0.3) is 5.91 Å². The molecule has 1 amide bonds. The van der Waals surface area contributed by atoms with Gasteiger partial charge in [0, 0.05) is 13.1 Å². The lowest BCUT2D eigenvalue weighted by molar-refractivity contribution is -0.143. The average Bonchev–Trinajstić information content (AvgIpc) is 3.00. The Kier molecular flexibility index (Phi) is 4.53. The minimum atomic E-state index is -4.84. The van der Waals surface area contributed by atoms with Crippen molar-refractivity contribution in [3.63, 3.8) is 0 Å². The lowest BCUT2D eigenvalue weighted by Gasteiger charge is -2.30. The van der Waals surface area contributed by atoms with Crippen molar-refractivity contribution in [1.82, 2.24) is 14.7 Å². The number of alkyl halides is 3. The summed E-state index contributed by atoms with van der Waals surface area (Å²) in [6, 6.07) is 5.02. The van der Waals surface area contributed by atoms with Crippen LogP contribution in [0.4, 0.5) is 17.6 Å². The number of carbonyl (C=O) groups excluding carboxylic acids is 1. The smallest absolute Gasteiger partial charge is 0.339 e. The zero-order chi connectivity index (χ0) is 18.2. The van der Waals surface area contributed by atoms with Crippen molar-refractivity contribution in [2.45, 2.75) is 25.9 Å². The summed E-state index contributed by atoms with van der Waals surface area (Å²) in [6.45, 7) is 2.85. The minimum Gasteiger partial charge on any atom is -0.339 e. The summed E-state index contributed by atoms with van der Waals surface area (Å²) >= 11 is 0. The SMILES string of the molecule is CC1CCN(C(=O)c2cnn(-c3ccccc3F)c2C(F)(F)F)CC1. The van der Waals surface area contributed by atoms with E-state index in [0.29, 0.717) is 23.7 Å². The van der Waals surface area contributed by atoms with Gasteiger partial charge in [0.1, 0.15) is 11.5 Å². The number of amides is 1. The number of aromatic nitrogens is 2. The Morgan fingerprint density at radius 2 is 1.84 bits per heavy atom. The van der Waals surface area contributed by atoms with Gasteiger partial charge in [-0.1, -0.05) is 19.1 Å². The molecule has 0 N–H and O–H groups in total. The highest BCUT2D eigenvalue weighted by Crippen LogP contribution is 2.35. The molecule has 4 nitrogen and oxygen atoms in total. The lowest BCUT2D eigenvalue weighted by atomic mass is 9.98. The van der Waals surface area contributed by atoms with Crippen LogP contribution in [0.25, 0.3) is 5.69 Å². The molecule has 3 rings (SSSR count). The maximum absolute atomic E-state index is 13.9. The number of piperidine rings is 1. The van der Waals surface area contributed by atoms with Crippen LogP contribution in [0.5, 0.6) is 0 Å². The van der Waals surface area contributed by atoms with E-state index in [1.165, 1.54) is 23.1 Å². The van der Waals surface area contributed by atoms with E-state index < -0.39 is 29.2 Å². The predicted molar refractivity (Wildman–Crippen MR) is 82.8 cm³/mol. The highest BCUT2D eigenvalue weighted by Gasteiger charge is 2.42. The molecule has 134 valence electrons. The van der Waals surface area contributed by atoms with Crippen LogP contribution >= 0.6 is 0 Å². The second kappa shape index (κ2) is 6.50. The van der Waals surface area contributed by atoms with Gasteiger partial charge in [-0.2, -0.15) is 18.3 Å². The first-order valence-corrected chi connectivity index (χ1v) is 7.98. The van der Waals surface area contributed by atoms with E-state index in [2.05, 4.69) is 5.10 Å². The minimum absolute atomic E-state index is 0.346. The summed E-state index contributed by atoms with van der Waals surface area (Å²) in [5, 5.41) is 3.65. The van der Waals surface area contributed by atoms with Crippen molar-refractivity contribution in [1.29, 1.82) is 0 Å². The maximum atomic E-state index is 13.9. The normalized spacial score (nSPS) is 16.3. The molecule has 1 aromatic heterocycles. The molecule has 2 heterocycles. The summed E-state index contributed by atoms with van der Waals surface area (Å²) in [6.07, 6.45) is -2.48. The first-order chi connectivity index (χ1) is 11.8. The van der Waals surface area contributed by atoms with Gasteiger partial charge in [-0.3, -0.25) is 4.79 Å². The molecule has 0 aliphatic carbocycles. The molecule has 0 bridgehead atoms. The van der Waals surface area contributed by atoms with Crippen LogP contribution in [0.1, 0.15) is 35.8 Å². The fourth-order valence-corrected chi connectivity index (χ4v) is 2.97. The monoisotopic (exact) mass is 355 g/mol. The maximum Gasteiger partial charge on any atom is 0.434 e. The van der Waals surface area contributed by atoms with Gasteiger partial charge in [-0.15, -0.1) is 0 Å². The molecular formula is C17H17F4N3O. The molecule has 0 saturated carbocycles. The predicted octanol–water partition coefficient (Wildman–Crippen LogP) is 3.90. The summed E-state index contributed by atoms with van der Waals surface area (Å²) < 4.78 is 55.2. The molecule has 8 heteroatoms. The number of rotatable bonds is 2. The Balaban J connectivity index is 2.04. The molecule has 1 aliphatic rings. The molecule has 2 aromatic rings. The van der Waals surface area contributed by atoms with Crippen LogP contribution in [0.15, 0.2) is 30.5 Å². The van der Waals surface area contributed by atoms with Crippen molar-refractivity contribution in [3.05, 3.63) is 47.5 Å². The standard InChI is InChI=1S/C17H17F4N3O/c1-11-6-8-23(9-7-11)16(25)12-10-22-24(15(12)17(19,20)21)14-5-3-2-4-13(14)18/h2-5,10-11H,6-9H2,1H3. The van der Waals surface area contributed by atoms with Gasteiger partial charge in [-0.05, 0) is 30.9 Å². The van der Waals surface area contributed by atoms with Crippen molar-refractivity contribution in [2.24, 2.45) is 5.92 Å². The van der Waals surface area contributed by atoms with Gasteiger partial charge in [-0.25, -0.2) is 9.07 Å². The van der Waals surface area contributed by atoms with Crippen LogP contribution < -0.4 is 0 Å². The Morgan fingerprint density at radius 3 is 2.44 bits per heavy atom. The van der Waals surface area contributed by atoms with Gasteiger partial charge in [0.15, 0.2) is 5.69 Å². The Morgan fingerprint density at radius 1 is 1.20 bits per heavy atom. The number of carbonyl (C=O) groups is 1. The number of likely N-dealkylation sites (tertiary alicyclic amines) is 1. The van der Waals surface area contributed by atoms with Gasteiger partial charge in [0.05, 0.1) is 11.8 Å². The zero-order valence-corrected chi connectivity index (χ0v) is 13.6. The van der Waals surface area contributed by atoms with Crippen LogP contribution in [0.3, 0.4) is 0 Å². The lowest BCUT2D eigenvalue weighted by Crippen LogP contribution is -2.38. The van der Waals surface area contributed by atoms with E-state index in [0.717, 1.165) is 25.1 Å². The van der Waals surface area contributed by atoms with E-state index in [4.69, 9.17) is 0 Å². The van der Waals surface area contributed by atoms with Crippen LogP contribution in [0.2, 0.25) is 0 Å². The quantitative estimate of drug-likeness (QED) is 0.767. The highest BCUT2D eigenvalue weighted by atomic mass is 19.4. The third kappa shape index (κ3) is 3.38. The summed E-state index contributed by atoms with van der Waals surface area (Å²) in [5.74, 6) is -1.13. The zero-order valence-electron chi connectivity index (χ0n) is 13.6. The molecule has 0 atom stereocenters. The summed E-state index contributed by atoms with van der Waals surface area (Å²) in [7, 11) is 0. The van der Waals surface area contributed by atoms with Crippen molar-refractivity contribution in [3.8, 4) is 5.69 Å². The molecule has 1 aromatic carbocycles. The van der Waals surface area contributed by atoms with E-state index in [1.807, 2.05) is 6.92 Å². The third-order valence-corrected chi connectivity index (χ3v) is 4.42. The Labute approximate surface area is 142 Å². The Bertz CT molecular complexity index is 776. The second-order valence-electron chi connectivity index (χ2n) is 6.24. The number of nitrogens with zero attached hydrogens (tertiary/aromatic N) is 3.